The Balaban J connectivity index is 4.66. The van der Waals surface area contributed by atoms with Gasteiger partial charge < -0.3 is 10.1 Å². The second-order valence-corrected chi connectivity index (χ2v) is 4.92. The highest BCUT2D eigenvalue weighted by Crippen LogP contribution is 2.27. The molecule has 0 aliphatic carbocycles. The number of hydrogen-bond donors (Lipinski definition) is 1. The first-order chi connectivity index (χ1) is 7.55. The number of hydrogen-bond acceptors (Lipinski definition) is 2. The van der Waals surface area contributed by atoms with Crippen molar-refractivity contribution in [2.24, 2.45) is 5.92 Å². The summed E-state index contributed by atoms with van der Waals surface area (Å²) in [6.07, 6.45) is 3.44. The molecule has 98 valence electrons. The van der Waals surface area contributed by atoms with Gasteiger partial charge in [-0.05, 0) is 39.2 Å². The fourth-order valence-corrected chi connectivity index (χ4v) is 2.30. The van der Waals surface area contributed by atoms with E-state index in [4.69, 9.17) is 4.74 Å². The maximum Gasteiger partial charge on any atom is 0.0806 e. The molecule has 16 heavy (non-hydrogen) atoms. The molecule has 0 heterocycles. The van der Waals surface area contributed by atoms with Crippen LogP contribution in [0.1, 0.15) is 60.8 Å². The van der Waals surface area contributed by atoms with Crippen LogP contribution in [0.3, 0.4) is 0 Å². The molecule has 0 amide bonds. The van der Waals surface area contributed by atoms with Crippen molar-refractivity contribution in [2.75, 3.05) is 13.2 Å². The molecule has 0 fully saturated rings. The predicted molar refractivity (Wildman–Crippen MR) is 71.9 cm³/mol. The van der Waals surface area contributed by atoms with Crippen molar-refractivity contribution in [3.63, 3.8) is 0 Å². The van der Waals surface area contributed by atoms with Crippen LogP contribution in [0.2, 0.25) is 0 Å². The smallest absolute Gasteiger partial charge is 0.0806 e. The zero-order valence-electron chi connectivity index (χ0n) is 12.1. The molecule has 0 spiro atoms. The molecule has 1 N–H and O–H groups in total. The maximum absolute atomic E-state index is 6.00. The van der Waals surface area contributed by atoms with Gasteiger partial charge in [-0.3, -0.25) is 0 Å². The van der Waals surface area contributed by atoms with E-state index >= 15 is 0 Å². The maximum atomic E-state index is 6.00. The van der Waals surface area contributed by atoms with Crippen LogP contribution >= 0.6 is 0 Å². The summed E-state index contributed by atoms with van der Waals surface area (Å²) >= 11 is 0. The van der Waals surface area contributed by atoms with Crippen molar-refractivity contribution < 1.29 is 4.74 Å². The Morgan fingerprint density at radius 2 is 1.81 bits per heavy atom. The van der Waals surface area contributed by atoms with Crippen LogP contribution < -0.4 is 5.32 Å². The van der Waals surface area contributed by atoms with Gasteiger partial charge in [0, 0.05) is 12.6 Å². The van der Waals surface area contributed by atoms with Gasteiger partial charge in [-0.15, -0.1) is 0 Å². The van der Waals surface area contributed by atoms with E-state index in [1.807, 2.05) is 0 Å². The lowest BCUT2D eigenvalue weighted by molar-refractivity contribution is -0.0678. The third-order valence-corrected chi connectivity index (χ3v) is 3.66. The first-order valence-corrected chi connectivity index (χ1v) is 6.92. The number of nitrogens with one attached hydrogen (secondary N) is 1. The summed E-state index contributed by atoms with van der Waals surface area (Å²) in [6, 6.07) is 0.461. The average Bonchev–Trinajstić information content (AvgIpc) is 2.29. The summed E-state index contributed by atoms with van der Waals surface area (Å²) in [6.45, 7) is 15.2. The van der Waals surface area contributed by atoms with E-state index in [2.05, 4.69) is 46.9 Å². The predicted octanol–water partition coefficient (Wildman–Crippen LogP) is 3.61. The van der Waals surface area contributed by atoms with Crippen molar-refractivity contribution in [1.82, 2.24) is 5.32 Å². The van der Waals surface area contributed by atoms with Gasteiger partial charge >= 0.3 is 0 Å². The lowest BCUT2D eigenvalue weighted by Gasteiger charge is -2.40. The molecule has 3 atom stereocenters. The summed E-state index contributed by atoms with van der Waals surface area (Å²) < 4.78 is 6.00. The highest BCUT2D eigenvalue weighted by Gasteiger charge is 2.35. The Labute approximate surface area is 102 Å². The zero-order valence-corrected chi connectivity index (χ0v) is 12.1. The Morgan fingerprint density at radius 3 is 2.19 bits per heavy atom. The van der Waals surface area contributed by atoms with Gasteiger partial charge in [0.1, 0.15) is 0 Å². The molecule has 0 aromatic heterocycles. The Morgan fingerprint density at radius 1 is 1.19 bits per heavy atom. The molecule has 0 rings (SSSR count). The van der Waals surface area contributed by atoms with Crippen molar-refractivity contribution in [1.29, 1.82) is 0 Å². The fraction of sp³-hybridized carbons (Fsp3) is 1.00. The normalized spacial score (nSPS) is 19.1. The quantitative estimate of drug-likeness (QED) is 0.652. The van der Waals surface area contributed by atoms with E-state index in [-0.39, 0.29) is 5.60 Å². The monoisotopic (exact) mass is 229 g/mol. The second-order valence-electron chi connectivity index (χ2n) is 4.92. The van der Waals surface area contributed by atoms with E-state index < -0.39 is 0 Å². The van der Waals surface area contributed by atoms with Crippen LogP contribution in [0.25, 0.3) is 0 Å². The lowest BCUT2D eigenvalue weighted by Crippen LogP contribution is -2.54. The summed E-state index contributed by atoms with van der Waals surface area (Å²) in [5.41, 5.74) is -0.0284. The average molecular weight is 229 g/mol. The SMILES string of the molecule is CCCNC(C(C)CC)C(C)(CC)OCC. The van der Waals surface area contributed by atoms with Gasteiger partial charge in [-0.1, -0.05) is 34.1 Å². The number of rotatable bonds is 9. The Hall–Kier alpha value is -0.0800. The molecule has 0 aliphatic heterocycles. The van der Waals surface area contributed by atoms with Crippen molar-refractivity contribution in [3.05, 3.63) is 0 Å². The first kappa shape index (κ1) is 15.9. The van der Waals surface area contributed by atoms with Gasteiger partial charge in [0.15, 0.2) is 0 Å². The molecule has 0 aromatic rings. The molecular weight excluding hydrogens is 198 g/mol. The zero-order chi connectivity index (χ0) is 12.6. The van der Waals surface area contributed by atoms with Crippen LogP contribution in [-0.4, -0.2) is 24.8 Å². The molecule has 0 radical (unpaired) electrons. The largest absolute Gasteiger partial charge is 0.374 e. The molecule has 2 nitrogen and oxygen atoms in total. The topological polar surface area (TPSA) is 21.3 Å². The molecular formula is C14H31NO. The van der Waals surface area contributed by atoms with E-state index in [9.17, 15) is 0 Å². The highest BCUT2D eigenvalue weighted by molar-refractivity contribution is 4.91. The molecule has 0 bridgehead atoms. The second kappa shape index (κ2) is 8.08. The summed E-state index contributed by atoms with van der Waals surface area (Å²) in [4.78, 5) is 0. The summed E-state index contributed by atoms with van der Waals surface area (Å²) in [7, 11) is 0. The van der Waals surface area contributed by atoms with Crippen LogP contribution in [-0.2, 0) is 4.74 Å². The minimum absolute atomic E-state index is 0.0284. The fourth-order valence-electron chi connectivity index (χ4n) is 2.30. The van der Waals surface area contributed by atoms with Crippen LogP contribution in [0.15, 0.2) is 0 Å². The summed E-state index contributed by atoms with van der Waals surface area (Å²) in [5, 5.41) is 3.67. The third-order valence-electron chi connectivity index (χ3n) is 3.66. The van der Waals surface area contributed by atoms with E-state index in [0.717, 1.165) is 19.6 Å². The van der Waals surface area contributed by atoms with E-state index in [0.29, 0.717) is 12.0 Å². The van der Waals surface area contributed by atoms with Gasteiger partial charge in [0.25, 0.3) is 0 Å². The van der Waals surface area contributed by atoms with Gasteiger partial charge in [0.2, 0.25) is 0 Å². The van der Waals surface area contributed by atoms with Gasteiger partial charge in [0.05, 0.1) is 5.60 Å². The van der Waals surface area contributed by atoms with Crippen LogP contribution in [0.4, 0.5) is 0 Å². The highest BCUT2D eigenvalue weighted by atomic mass is 16.5. The molecule has 0 aliphatic rings. The molecule has 0 aromatic carbocycles. The minimum atomic E-state index is -0.0284. The lowest BCUT2D eigenvalue weighted by atomic mass is 9.83. The Bertz CT molecular complexity index is 172. The summed E-state index contributed by atoms with van der Waals surface area (Å²) in [5.74, 6) is 0.656. The third kappa shape index (κ3) is 4.42. The standard InChI is InChI=1S/C14H31NO/c1-7-11-15-13(12(5)8-2)14(6,9-3)16-10-4/h12-13,15H,7-11H2,1-6H3. The van der Waals surface area contributed by atoms with Crippen LogP contribution in [0, 0.1) is 5.92 Å². The van der Waals surface area contributed by atoms with E-state index in [1.165, 1.54) is 12.8 Å². The minimum Gasteiger partial charge on any atom is -0.374 e. The molecule has 0 saturated heterocycles. The van der Waals surface area contributed by atoms with Crippen molar-refractivity contribution in [3.8, 4) is 0 Å². The van der Waals surface area contributed by atoms with E-state index in [1.54, 1.807) is 0 Å². The first-order valence-electron chi connectivity index (χ1n) is 6.92. The number of ether oxygens (including phenoxy) is 1. The van der Waals surface area contributed by atoms with Gasteiger partial charge in [-0.25, -0.2) is 0 Å². The van der Waals surface area contributed by atoms with Crippen LogP contribution in [0.5, 0.6) is 0 Å². The molecule has 2 heteroatoms. The van der Waals surface area contributed by atoms with Crippen molar-refractivity contribution in [2.45, 2.75) is 72.4 Å². The van der Waals surface area contributed by atoms with Gasteiger partial charge in [-0.2, -0.15) is 0 Å². The molecule has 3 unspecified atom stereocenters. The van der Waals surface area contributed by atoms with Crippen molar-refractivity contribution >= 4 is 0 Å². The Kier molecular flexibility index (Phi) is 8.04. The molecule has 0 saturated carbocycles.